The Morgan fingerprint density at radius 3 is 2.49 bits per heavy atom. The summed E-state index contributed by atoms with van der Waals surface area (Å²) in [6.07, 6.45) is 0.119. The third-order valence-corrected chi connectivity index (χ3v) is 7.96. The molecule has 0 spiro atoms. The van der Waals surface area contributed by atoms with Crippen molar-refractivity contribution < 1.29 is 37.0 Å². The molecule has 0 radical (unpaired) electrons. The Morgan fingerprint density at radius 1 is 1.08 bits per heavy atom. The molecule has 0 atom stereocenters. The van der Waals surface area contributed by atoms with Crippen LogP contribution in [0.3, 0.4) is 0 Å². The topological polar surface area (TPSA) is 150 Å². The van der Waals surface area contributed by atoms with Gasteiger partial charge in [-0.05, 0) is 31.8 Å². The molecule has 0 bridgehead atoms. The molecule has 5 rings (SSSR count). The molecule has 264 valence electrons. The van der Waals surface area contributed by atoms with Crippen LogP contribution in [0.15, 0.2) is 36.7 Å². The number of ether oxygens (including phenoxy) is 2. The van der Waals surface area contributed by atoms with E-state index in [-0.39, 0.29) is 35.6 Å². The van der Waals surface area contributed by atoms with E-state index in [4.69, 9.17) is 4.74 Å². The lowest BCUT2D eigenvalue weighted by molar-refractivity contribution is -0.137. The summed E-state index contributed by atoms with van der Waals surface area (Å²) < 4.78 is 54.3. The number of morpholine rings is 1. The number of amides is 3. The Morgan fingerprint density at radius 2 is 1.82 bits per heavy atom. The Bertz CT molecular complexity index is 1680. The van der Waals surface area contributed by atoms with Gasteiger partial charge >= 0.3 is 12.3 Å². The van der Waals surface area contributed by atoms with Crippen LogP contribution in [0.5, 0.6) is 0 Å². The summed E-state index contributed by atoms with van der Waals surface area (Å²) in [5, 5.41) is 9.26. The summed E-state index contributed by atoms with van der Waals surface area (Å²) in [7, 11) is 4.87. The van der Waals surface area contributed by atoms with E-state index in [0.29, 0.717) is 76.9 Å². The second kappa shape index (κ2) is 15.6. The third-order valence-electron chi connectivity index (χ3n) is 7.96. The Balaban J connectivity index is 1.33. The number of nitrogens with one attached hydrogen (secondary N) is 2. The summed E-state index contributed by atoms with van der Waals surface area (Å²) in [5.74, 6) is -0.550. The van der Waals surface area contributed by atoms with Gasteiger partial charge in [0.15, 0.2) is 11.6 Å². The summed E-state index contributed by atoms with van der Waals surface area (Å²) in [6.45, 7) is 5.03. The minimum Gasteiger partial charge on any atom is -0.453 e. The smallest absolute Gasteiger partial charge is 0.417 e. The number of rotatable bonds is 10. The van der Waals surface area contributed by atoms with Crippen LogP contribution in [0.2, 0.25) is 0 Å². The largest absolute Gasteiger partial charge is 0.453 e. The predicted octanol–water partition coefficient (Wildman–Crippen LogP) is 1.70. The highest BCUT2D eigenvalue weighted by Gasteiger charge is 2.36. The van der Waals surface area contributed by atoms with Crippen molar-refractivity contribution in [3.8, 4) is 11.4 Å². The number of carbonyl (C=O) groups is 3. The van der Waals surface area contributed by atoms with Crippen LogP contribution in [0.1, 0.15) is 11.1 Å². The normalized spacial score (nSPS) is 16.1. The van der Waals surface area contributed by atoms with E-state index in [1.807, 2.05) is 30.0 Å². The predicted molar refractivity (Wildman–Crippen MR) is 173 cm³/mol. The maximum atomic E-state index is 14.3. The van der Waals surface area contributed by atoms with Crippen LogP contribution < -0.4 is 15.5 Å². The zero-order valence-corrected chi connectivity index (χ0v) is 27.5. The molecule has 3 aromatic heterocycles. The zero-order valence-electron chi connectivity index (χ0n) is 27.5. The first-order chi connectivity index (χ1) is 23.4. The van der Waals surface area contributed by atoms with Crippen LogP contribution in [0.25, 0.3) is 16.9 Å². The average Bonchev–Trinajstić information content (AvgIpc) is 3.49. The monoisotopic (exact) mass is 688 g/mol. The van der Waals surface area contributed by atoms with Gasteiger partial charge in [-0.25, -0.2) is 19.3 Å². The van der Waals surface area contributed by atoms with Gasteiger partial charge in [0, 0.05) is 70.8 Å². The SMILES string of the molecule is COC(=O)Nc1cc(C(F)(F)F)c(-c2nc(N3CCOCC3)c3cc(CN4CCN(C(=O)CNC(=O)/C=C/CN(C)C)CC4)cn3n2)cn1. The van der Waals surface area contributed by atoms with Gasteiger partial charge in [0.1, 0.15) is 11.3 Å². The number of methoxy groups -OCH3 is 1. The van der Waals surface area contributed by atoms with Crippen LogP contribution in [-0.4, -0.2) is 139 Å². The van der Waals surface area contributed by atoms with Gasteiger partial charge in [0.2, 0.25) is 11.8 Å². The molecule has 3 amide bonds. The quantitative estimate of drug-likeness (QED) is 0.300. The van der Waals surface area contributed by atoms with E-state index in [1.54, 1.807) is 17.2 Å². The first kappa shape index (κ1) is 35.5. The van der Waals surface area contributed by atoms with Gasteiger partial charge < -0.3 is 29.5 Å². The van der Waals surface area contributed by atoms with E-state index in [0.717, 1.165) is 24.9 Å². The summed E-state index contributed by atoms with van der Waals surface area (Å²) in [4.78, 5) is 52.6. The van der Waals surface area contributed by atoms with Gasteiger partial charge in [0.05, 0.1) is 38.0 Å². The third kappa shape index (κ3) is 9.21. The Labute approximate surface area is 280 Å². The fourth-order valence-electron chi connectivity index (χ4n) is 5.46. The molecular weight excluding hydrogens is 649 g/mol. The van der Waals surface area contributed by atoms with Gasteiger partial charge in [0.25, 0.3) is 0 Å². The lowest BCUT2D eigenvalue weighted by Gasteiger charge is -2.34. The first-order valence-corrected chi connectivity index (χ1v) is 15.6. The highest BCUT2D eigenvalue weighted by Crippen LogP contribution is 2.38. The fraction of sp³-hybridized carbons (Fsp3) is 0.484. The van der Waals surface area contributed by atoms with Gasteiger partial charge in [-0.3, -0.25) is 19.8 Å². The highest BCUT2D eigenvalue weighted by molar-refractivity contribution is 5.91. The second-order valence-electron chi connectivity index (χ2n) is 11.8. The Hall–Kier alpha value is -4.81. The number of hydrogen-bond acceptors (Lipinski definition) is 11. The van der Waals surface area contributed by atoms with E-state index in [9.17, 15) is 27.6 Å². The number of likely N-dealkylation sites (N-methyl/N-ethyl adjacent to an activating group) is 1. The number of anilines is 2. The number of piperazine rings is 1. The minimum atomic E-state index is -4.80. The van der Waals surface area contributed by atoms with Gasteiger partial charge in [-0.1, -0.05) is 6.08 Å². The fourth-order valence-corrected chi connectivity index (χ4v) is 5.46. The molecule has 0 aromatic carbocycles. The number of fused-ring (bicyclic) bond motifs is 1. The van der Waals surface area contributed by atoms with Crippen LogP contribution in [0, 0.1) is 0 Å². The summed E-state index contributed by atoms with van der Waals surface area (Å²) >= 11 is 0. The summed E-state index contributed by atoms with van der Waals surface area (Å²) in [6, 6.07) is 2.63. The minimum absolute atomic E-state index is 0.0859. The van der Waals surface area contributed by atoms with Crippen molar-refractivity contribution in [2.75, 3.05) is 97.0 Å². The van der Waals surface area contributed by atoms with Crippen molar-refractivity contribution >= 4 is 35.1 Å². The van der Waals surface area contributed by atoms with E-state index in [2.05, 4.69) is 35.3 Å². The molecule has 2 N–H and O–H groups in total. The first-order valence-electron chi connectivity index (χ1n) is 15.6. The molecule has 15 nitrogen and oxygen atoms in total. The van der Waals surface area contributed by atoms with Crippen molar-refractivity contribution in [3.05, 3.63) is 47.8 Å². The zero-order chi connectivity index (χ0) is 35.1. The molecule has 49 heavy (non-hydrogen) atoms. The molecule has 0 aliphatic carbocycles. The van der Waals surface area contributed by atoms with Gasteiger partial charge in [-0.15, -0.1) is 5.10 Å². The number of pyridine rings is 1. The molecule has 0 unspecified atom stereocenters. The standard InChI is InChI=1S/C31H39F3N10O5/c1-40(2)6-4-5-26(45)36-18-27(46)42-9-7-41(8-10-42)19-21-15-24-29(43-11-13-49-14-12-43)38-28(39-44(24)20-21)22-17-35-25(37-30(47)48-3)16-23(22)31(32,33)34/h4-5,15-17,20H,6-14,18-19H2,1-3H3,(H,36,45)(H,35,37,47)/b5-4+. The average molecular weight is 689 g/mol. The lowest BCUT2D eigenvalue weighted by atomic mass is 10.1. The highest BCUT2D eigenvalue weighted by atomic mass is 19.4. The maximum Gasteiger partial charge on any atom is 0.417 e. The van der Waals surface area contributed by atoms with Crippen molar-refractivity contribution in [1.29, 1.82) is 0 Å². The van der Waals surface area contributed by atoms with Crippen LogP contribution >= 0.6 is 0 Å². The molecular formula is C31H39F3N10O5. The summed E-state index contributed by atoms with van der Waals surface area (Å²) in [5.41, 5.74) is 0.0668. The molecule has 3 aromatic rings. The number of nitrogens with zero attached hydrogens (tertiary/aromatic N) is 8. The van der Waals surface area contributed by atoms with Crippen molar-refractivity contribution in [1.82, 2.24) is 39.6 Å². The molecule has 0 saturated carbocycles. The van der Waals surface area contributed by atoms with Crippen molar-refractivity contribution in [3.63, 3.8) is 0 Å². The van der Waals surface area contributed by atoms with E-state index >= 15 is 0 Å². The van der Waals surface area contributed by atoms with Crippen LogP contribution in [0.4, 0.5) is 29.6 Å². The molecule has 18 heteroatoms. The second-order valence-corrected chi connectivity index (χ2v) is 11.8. The van der Waals surface area contributed by atoms with Gasteiger partial charge in [-0.2, -0.15) is 13.2 Å². The number of aromatic nitrogens is 4. The number of halogens is 3. The number of alkyl halides is 3. The number of carbonyl (C=O) groups excluding carboxylic acids is 3. The van der Waals surface area contributed by atoms with E-state index in [1.165, 1.54) is 10.6 Å². The molecule has 2 saturated heterocycles. The molecule has 2 aliphatic rings. The molecule has 5 heterocycles. The molecule has 2 fully saturated rings. The lowest BCUT2D eigenvalue weighted by Crippen LogP contribution is -2.50. The maximum absolute atomic E-state index is 14.3. The Kier molecular flexibility index (Phi) is 11.3. The van der Waals surface area contributed by atoms with Crippen LogP contribution in [-0.2, 0) is 31.8 Å². The van der Waals surface area contributed by atoms with Crippen molar-refractivity contribution in [2.45, 2.75) is 12.7 Å². The van der Waals surface area contributed by atoms with E-state index < -0.39 is 17.8 Å². The molecule has 2 aliphatic heterocycles. The number of hydrogen-bond donors (Lipinski definition) is 2. The van der Waals surface area contributed by atoms with Crippen molar-refractivity contribution in [2.24, 2.45) is 0 Å².